The Morgan fingerprint density at radius 3 is 2.32 bits per heavy atom. The van der Waals surface area contributed by atoms with E-state index in [0.717, 1.165) is 18.2 Å². The molecule has 4 rings (SSSR count). The van der Waals surface area contributed by atoms with Gasteiger partial charge < -0.3 is 9.80 Å². The molecular weight excluding hydrogens is 400 g/mol. The van der Waals surface area contributed by atoms with Crippen molar-refractivity contribution in [3.05, 3.63) is 59.8 Å². The zero-order chi connectivity index (χ0) is 21.3. The number of piperazine rings is 1. The molecule has 3 aliphatic rings. The minimum Gasteiger partial charge on any atom is -0.303 e. The van der Waals surface area contributed by atoms with Gasteiger partial charge in [0.15, 0.2) is 0 Å². The summed E-state index contributed by atoms with van der Waals surface area (Å²) < 4.78 is 0. The summed E-state index contributed by atoms with van der Waals surface area (Å²) in [6, 6.07) is 10.9. The van der Waals surface area contributed by atoms with Gasteiger partial charge in [-0.05, 0) is 64.0 Å². The van der Waals surface area contributed by atoms with Gasteiger partial charge in [0.1, 0.15) is 0 Å². The Kier molecular flexibility index (Phi) is 8.82. The summed E-state index contributed by atoms with van der Waals surface area (Å²) in [6.45, 7) is 13.0. The molecule has 0 unspecified atom stereocenters. The van der Waals surface area contributed by atoms with E-state index in [0.29, 0.717) is 0 Å². The number of aliphatic imine (C=N–C) groups is 1. The molecule has 1 aromatic rings. The number of rotatable bonds is 7. The lowest BCUT2D eigenvalue weighted by Gasteiger charge is -2.36. The minimum atomic E-state index is 0.730. The second-order valence-corrected chi connectivity index (χ2v) is 10.3. The molecule has 3 heterocycles. The van der Waals surface area contributed by atoms with E-state index in [1.165, 1.54) is 87.9 Å². The van der Waals surface area contributed by atoms with Crippen molar-refractivity contribution in [2.75, 3.05) is 52.4 Å². The highest BCUT2D eigenvalue weighted by Crippen LogP contribution is 2.27. The van der Waals surface area contributed by atoms with Crippen LogP contribution in [0.5, 0.6) is 0 Å². The van der Waals surface area contributed by atoms with Crippen molar-refractivity contribution in [3.8, 4) is 0 Å². The minimum absolute atomic E-state index is 0.730. The van der Waals surface area contributed by atoms with Crippen molar-refractivity contribution in [1.29, 1.82) is 0 Å². The predicted octanol–water partition coefficient (Wildman–Crippen LogP) is 4.65. The zero-order valence-corrected chi connectivity index (χ0v) is 19.9. The molecule has 2 fully saturated rings. The van der Waals surface area contributed by atoms with Gasteiger partial charge in [0, 0.05) is 50.1 Å². The molecular formula is C26H38N4S. The summed E-state index contributed by atoms with van der Waals surface area (Å²) in [4.78, 5) is 12.7. The third kappa shape index (κ3) is 7.31. The zero-order valence-electron chi connectivity index (χ0n) is 19.1. The van der Waals surface area contributed by atoms with Crippen LogP contribution in [0.2, 0.25) is 0 Å². The molecule has 2 saturated heterocycles. The van der Waals surface area contributed by atoms with Crippen molar-refractivity contribution in [3.63, 3.8) is 0 Å². The molecule has 0 amide bonds. The Morgan fingerprint density at radius 1 is 0.935 bits per heavy atom. The first kappa shape index (κ1) is 22.8. The quantitative estimate of drug-likeness (QED) is 0.618. The van der Waals surface area contributed by atoms with Crippen molar-refractivity contribution < 1.29 is 0 Å². The summed E-state index contributed by atoms with van der Waals surface area (Å²) in [5, 5.41) is 1.94. The molecule has 0 atom stereocenters. The summed E-state index contributed by atoms with van der Waals surface area (Å²) >= 11 is 1.99. The van der Waals surface area contributed by atoms with Crippen molar-refractivity contribution in [1.82, 2.24) is 14.7 Å². The molecule has 0 radical (unpaired) electrons. The van der Waals surface area contributed by atoms with E-state index in [1.807, 2.05) is 11.8 Å². The van der Waals surface area contributed by atoms with Gasteiger partial charge in [-0.2, -0.15) is 0 Å². The Labute approximate surface area is 193 Å². The second-order valence-electron chi connectivity index (χ2n) is 8.95. The molecule has 31 heavy (non-hydrogen) atoms. The maximum atomic E-state index is 4.77. The molecule has 0 spiro atoms. The molecule has 4 nitrogen and oxygen atoms in total. The largest absolute Gasteiger partial charge is 0.303 e. The Balaban J connectivity index is 1.08. The van der Waals surface area contributed by atoms with Gasteiger partial charge >= 0.3 is 0 Å². The number of benzene rings is 1. The molecule has 0 saturated carbocycles. The van der Waals surface area contributed by atoms with Crippen molar-refractivity contribution in [2.45, 2.75) is 44.4 Å². The monoisotopic (exact) mass is 438 g/mol. The smallest absolute Gasteiger partial charge is 0.0962 e. The molecule has 3 aliphatic heterocycles. The second kappa shape index (κ2) is 12.0. The average molecular weight is 439 g/mol. The van der Waals surface area contributed by atoms with Gasteiger partial charge in [-0.3, -0.25) is 4.90 Å². The van der Waals surface area contributed by atoms with Gasteiger partial charge in [-0.1, -0.05) is 42.5 Å². The molecule has 0 N–H and O–H groups in total. The normalized spacial score (nSPS) is 23.4. The highest BCUT2D eigenvalue weighted by molar-refractivity contribution is 8.14. The number of nitrogens with zero attached hydrogens (tertiary/aromatic N) is 4. The summed E-state index contributed by atoms with van der Waals surface area (Å²) in [6.07, 6.45) is 11.5. The lowest BCUT2D eigenvalue weighted by atomic mass is 10.1. The molecule has 0 aromatic heterocycles. The van der Waals surface area contributed by atoms with Crippen LogP contribution >= 0.6 is 11.8 Å². The standard InChI is InChI=1S/C26H38N4S/c1-2-24-10-6-11-26(27-24)31-25-12-16-28(17-13-25)14-7-15-29-18-20-30(21-19-29)22-23-8-4-3-5-9-23/h2-6,8-9,11,25H,7,10,12-22H2,1H3/b24-2+. The number of allylic oxidation sites excluding steroid dienone is 2. The van der Waals surface area contributed by atoms with E-state index in [-0.39, 0.29) is 0 Å². The number of hydrogen-bond donors (Lipinski definition) is 0. The fraction of sp³-hybridized carbons (Fsp3) is 0.577. The Hall–Kier alpha value is -1.40. The molecule has 1 aromatic carbocycles. The number of piperidine rings is 1. The third-order valence-electron chi connectivity index (χ3n) is 6.66. The maximum Gasteiger partial charge on any atom is 0.0962 e. The number of dihydropyridines is 1. The average Bonchev–Trinajstić information content (AvgIpc) is 2.82. The van der Waals surface area contributed by atoms with E-state index in [9.17, 15) is 0 Å². The first-order valence-electron chi connectivity index (χ1n) is 12.1. The third-order valence-corrected chi connectivity index (χ3v) is 7.93. The molecule has 5 heteroatoms. The van der Waals surface area contributed by atoms with E-state index >= 15 is 0 Å². The highest BCUT2D eigenvalue weighted by Gasteiger charge is 2.22. The van der Waals surface area contributed by atoms with Gasteiger partial charge in [0.05, 0.1) is 5.04 Å². The van der Waals surface area contributed by atoms with Crippen LogP contribution in [0, 0.1) is 0 Å². The first-order chi connectivity index (χ1) is 15.3. The number of thioether (sulfide) groups is 1. The van der Waals surface area contributed by atoms with Gasteiger partial charge in [-0.25, -0.2) is 4.99 Å². The van der Waals surface area contributed by atoms with Crippen LogP contribution in [-0.4, -0.2) is 77.4 Å². The van der Waals surface area contributed by atoms with E-state index < -0.39 is 0 Å². The van der Waals surface area contributed by atoms with Gasteiger partial charge in [0.25, 0.3) is 0 Å². The van der Waals surface area contributed by atoms with Crippen LogP contribution in [0.1, 0.15) is 38.2 Å². The van der Waals surface area contributed by atoms with Crippen LogP contribution < -0.4 is 0 Å². The fourth-order valence-corrected chi connectivity index (χ4v) is 5.84. The van der Waals surface area contributed by atoms with Crippen LogP contribution in [0.25, 0.3) is 0 Å². The van der Waals surface area contributed by atoms with E-state index in [4.69, 9.17) is 4.99 Å². The van der Waals surface area contributed by atoms with Crippen LogP contribution in [-0.2, 0) is 6.54 Å². The summed E-state index contributed by atoms with van der Waals surface area (Å²) in [5.41, 5.74) is 2.65. The van der Waals surface area contributed by atoms with Gasteiger partial charge in [0.2, 0.25) is 0 Å². The van der Waals surface area contributed by atoms with Gasteiger partial charge in [-0.15, -0.1) is 11.8 Å². The summed E-state index contributed by atoms with van der Waals surface area (Å²) in [5.74, 6) is 0. The SMILES string of the molecule is C/C=C1\CC=CC(SC2CCN(CCCN3CCN(Cc4ccccc4)CC3)CC2)=N1. The van der Waals surface area contributed by atoms with E-state index in [2.05, 4.69) is 70.2 Å². The molecule has 168 valence electrons. The maximum absolute atomic E-state index is 4.77. The van der Waals surface area contributed by atoms with Crippen LogP contribution in [0.15, 0.2) is 59.2 Å². The lowest BCUT2D eigenvalue weighted by Crippen LogP contribution is -2.46. The van der Waals surface area contributed by atoms with Crippen molar-refractivity contribution >= 4 is 16.8 Å². The predicted molar refractivity (Wildman–Crippen MR) is 135 cm³/mol. The van der Waals surface area contributed by atoms with Crippen LogP contribution in [0.4, 0.5) is 0 Å². The van der Waals surface area contributed by atoms with Crippen LogP contribution in [0.3, 0.4) is 0 Å². The Morgan fingerprint density at radius 2 is 1.61 bits per heavy atom. The van der Waals surface area contributed by atoms with E-state index in [1.54, 1.807) is 0 Å². The Bertz CT molecular complexity index is 757. The summed E-state index contributed by atoms with van der Waals surface area (Å²) in [7, 11) is 0. The lowest BCUT2D eigenvalue weighted by molar-refractivity contribution is 0.120. The molecule has 0 aliphatic carbocycles. The number of hydrogen-bond acceptors (Lipinski definition) is 5. The highest BCUT2D eigenvalue weighted by atomic mass is 32.2. The fourth-order valence-electron chi connectivity index (χ4n) is 4.71. The first-order valence-corrected chi connectivity index (χ1v) is 12.9. The molecule has 0 bridgehead atoms. The van der Waals surface area contributed by atoms with Crippen molar-refractivity contribution in [2.24, 2.45) is 4.99 Å². The topological polar surface area (TPSA) is 22.1 Å². The number of likely N-dealkylation sites (tertiary alicyclic amines) is 1.